The number of hydrogen-bond donors (Lipinski definition) is 3. The highest BCUT2D eigenvalue weighted by atomic mass is 35.5. The van der Waals surface area contributed by atoms with Crippen LogP contribution >= 0.6 is 11.6 Å². The zero-order valence-electron chi connectivity index (χ0n) is 22.9. The van der Waals surface area contributed by atoms with Gasteiger partial charge < -0.3 is 24.4 Å². The average molecular weight is 569 g/mol. The number of aliphatic hydroxyl groups excluding tert-OH is 1. The van der Waals surface area contributed by atoms with E-state index >= 15 is 0 Å². The summed E-state index contributed by atoms with van der Waals surface area (Å²) in [6.07, 6.45) is -0.541. The molecular weight excluding hydrogens is 532 g/mol. The van der Waals surface area contributed by atoms with Crippen LogP contribution in [0.5, 0.6) is 17.2 Å². The van der Waals surface area contributed by atoms with E-state index in [-0.39, 0.29) is 42.7 Å². The van der Waals surface area contributed by atoms with Crippen LogP contribution in [0.4, 0.5) is 0 Å². The Morgan fingerprint density at radius 2 is 1.97 bits per heavy atom. The van der Waals surface area contributed by atoms with Crippen molar-refractivity contribution in [3.8, 4) is 17.2 Å². The molecule has 0 fully saturated rings. The number of carbonyl (C=O) groups excluding carboxylic acids is 1. The van der Waals surface area contributed by atoms with Gasteiger partial charge in [-0.25, -0.2) is 13.9 Å². The van der Waals surface area contributed by atoms with Crippen LogP contribution in [0.25, 0.3) is 0 Å². The number of nitrogens with zero attached hydrogens (tertiary/aromatic N) is 1. The number of benzene rings is 1. The Kier molecular flexibility index (Phi) is 9.15. The maximum absolute atomic E-state index is 13.0. The number of halogens is 1. The third kappa shape index (κ3) is 6.84. The molecule has 1 aliphatic heterocycles. The number of ketones is 1. The molecule has 0 bridgehead atoms. The molecule has 3 unspecified atom stereocenters. The van der Waals surface area contributed by atoms with E-state index in [4.69, 9.17) is 25.8 Å². The number of nitrogens with one attached hydrogen (secondary N) is 1. The first-order chi connectivity index (χ1) is 17.6. The number of aromatic nitrogens is 1. The Balaban J connectivity index is 1.79. The molecule has 0 aliphatic carbocycles. The number of methoxy groups -OCH3 is 1. The summed E-state index contributed by atoms with van der Waals surface area (Å²) in [5.74, 6) is 0.969. The summed E-state index contributed by atoms with van der Waals surface area (Å²) in [6.45, 7) is 11.0. The summed E-state index contributed by atoms with van der Waals surface area (Å²) in [7, 11) is 0.0887. The Bertz CT molecular complexity index is 1210. The normalized spacial score (nSPS) is 20.2. The van der Waals surface area contributed by atoms with Gasteiger partial charge in [0.2, 0.25) is 0 Å². The lowest BCUT2D eigenvalue weighted by Gasteiger charge is -2.30. The van der Waals surface area contributed by atoms with Crippen molar-refractivity contribution in [2.75, 3.05) is 20.3 Å². The van der Waals surface area contributed by atoms with Crippen molar-refractivity contribution >= 4 is 28.4 Å². The molecule has 0 saturated carbocycles. The molecular formula is C27H37ClN2O7S. The van der Waals surface area contributed by atoms with E-state index in [0.717, 1.165) is 0 Å². The maximum atomic E-state index is 13.0. The fourth-order valence-corrected chi connectivity index (χ4v) is 4.99. The van der Waals surface area contributed by atoms with Gasteiger partial charge in [0.15, 0.2) is 28.2 Å². The van der Waals surface area contributed by atoms with E-state index in [9.17, 15) is 19.2 Å². The van der Waals surface area contributed by atoms with Gasteiger partial charge in [-0.15, -0.1) is 0 Å². The number of hydrogen-bond acceptors (Lipinski definition) is 8. The van der Waals surface area contributed by atoms with Crippen molar-refractivity contribution in [1.82, 2.24) is 9.71 Å². The van der Waals surface area contributed by atoms with Gasteiger partial charge in [0.1, 0.15) is 18.8 Å². The minimum Gasteiger partial charge on any atom is -0.493 e. The number of Topliss-reactive ketones (excluding diaryl/α,β-unsaturated/α-hetero) is 1. The van der Waals surface area contributed by atoms with Gasteiger partial charge in [0.25, 0.3) is 0 Å². The second-order valence-corrected chi connectivity index (χ2v) is 13.3. The van der Waals surface area contributed by atoms with Crippen LogP contribution < -0.4 is 18.9 Å². The van der Waals surface area contributed by atoms with Gasteiger partial charge in [-0.05, 0) is 72.2 Å². The number of fused-ring (bicyclic) bond motifs is 1. The average Bonchev–Trinajstić information content (AvgIpc) is 3.17. The molecule has 0 saturated heterocycles. The summed E-state index contributed by atoms with van der Waals surface area (Å²) in [6, 6.07) is 6.50. The topological polar surface area (TPSA) is 127 Å². The first kappa shape index (κ1) is 30.3. The molecule has 1 aromatic carbocycles. The van der Waals surface area contributed by atoms with Gasteiger partial charge in [-0.1, -0.05) is 11.6 Å². The molecule has 210 valence electrons. The van der Waals surface area contributed by atoms with Crippen LogP contribution in [0.3, 0.4) is 0 Å². The van der Waals surface area contributed by atoms with Gasteiger partial charge in [-0.3, -0.25) is 4.79 Å². The predicted octanol–water partition coefficient (Wildman–Crippen LogP) is 4.03. The summed E-state index contributed by atoms with van der Waals surface area (Å²) in [4.78, 5) is 17.3. The van der Waals surface area contributed by atoms with Gasteiger partial charge in [0, 0.05) is 17.5 Å². The highest BCUT2D eigenvalue weighted by Crippen LogP contribution is 2.43. The van der Waals surface area contributed by atoms with Gasteiger partial charge in [0.05, 0.1) is 40.2 Å². The lowest BCUT2D eigenvalue weighted by molar-refractivity contribution is 0.0395. The fraction of sp³-hybridized carbons (Fsp3) is 0.556. The van der Waals surface area contributed by atoms with Crippen molar-refractivity contribution < 1.29 is 33.4 Å². The van der Waals surface area contributed by atoms with Gasteiger partial charge in [-0.2, -0.15) is 0 Å². The van der Waals surface area contributed by atoms with Crippen molar-refractivity contribution in [3.63, 3.8) is 0 Å². The minimum absolute atomic E-state index is 0.0282. The lowest BCUT2D eigenvalue weighted by atomic mass is 9.89. The summed E-state index contributed by atoms with van der Waals surface area (Å²) in [5, 5.41) is 20.9. The summed E-state index contributed by atoms with van der Waals surface area (Å²) in [5.41, 5.74) is -0.958. The second kappa shape index (κ2) is 11.5. The zero-order valence-corrected chi connectivity index (χ0v) is 24.5. The second-order valence-electron chi connectivity index (χ2n) is 11.0. The molecule has 2 aromatic rings. The number of carbonyl (C=O) groups is 1. The molecule has 3 rings (SSSR count). The van der Waals surface area contributed by atoms with Crippen LogP contribution in [0.15, 0.2) is 24.3 Å². The number of pyridine rings is 1. The standard InChI is InChI=1S/C27H37ClN2O7S/c1-16(31)14-36-20-9-8-17(12-21(20)35-7)19(32)10-11-27(6,33)22-13-18-23(24(28)29-22)37-15-26(18,5)30-38(34)25(2,3)4/h8-9,12-13,16,30-31,33H,10-11,14-15H2,1-7H3/t16-,26?,27?,38?/m1/s1. The van der Waals surface area contributed by atoms with E-state index in [1.807, 2.05) is 27.7 Å². The van der Waals surface area contributed by atoms with E-state index in [2.05, 4.69) is 9.71 Å². The lowest BCUT2D eigenvalue weighted by Crippen LogP contribution is -2.47. The smallest absolute Gasteiger partial charge is 0.171 e. The third-order valence-electron chi connectivity index (χ3n) is 6.26. The van der Waals surface area contributed by atoms with Crippen molar-refractivity contribution in [2.24, 2.45) is 0 Å². The van der Waals surface area contributed by atoms with Crippen LogP contribution in [0, 0.1) is 0 Å². The molecule has 4 atom stereocenters. The Morgan fingerprint density at radius 1 is 1.29 bits per heavy atom. The molecule has 2 heterocycles. The van der Waals surface area contributed by atoms with Crippen LogP contribution in [-0.2, 0) is 22.1 Å². The zero-order chi connectivity index (χ0) is 28.5. The van der Waals surface area contributed by atoms with Crippen LogP contribution in [0.1, 0.15) is 76.0 Å². The number of rotatable bonds is 11. The largest absolute Gasteiger partial charge is 0.493 e. The van der Waals surface area contributed by atoms with Crippen molar-refractivity contribution in [3.05, 3.63) is 46.2 Å². The summed E-state index contributed by atoms with van der Waals surface area (Å²) < 4.78 is 32.1. The predicted molar refractivity (Wildman–Crippen MR) is 146 cm³/mol. The van der Waals surface area contributed by atoms with Crippen molar-refractivity contribution in [2.45, 2.75) is 76.4 Å². The number of ether oxygens (including phenoxy) is 3. The number of aliphatic hydroxyl groups is 2. The van der Waals surface area contributed by atoms with Gasteiger partial charge >= 0.3 is 0 Å². The van der Waals surface area contributed by atoms with E-state index in [1.54, 1.807) is 38.1 Å². The Morgan fingerprint density at radius 3 is 2.58 bits per heavy atom. The fourth-order valence-electron chi connectivity index (χ4n) is 3.86. The van der Waals surface area contributed by atoms with Crippen LogP contribution in [-0.4, -0.2) is 56.4 Å². The Hall–Kier alpha value is -2.24. The van der Waals surface area contributed by atoms with E-state index in [1.165, 1.54) is 7.11 Å². The minimum atomic E-state index is -1.48. The summed E-state index contributed by atoms with van der Waals surface area (Å²) >= 11 is 6.43. The molecule has 3 N–H and O–H groups in total. The molecule has 9 nitrogen and oxygen atoms in total. The Labute approximate surface area is 231 Å². The van der Waals surface area contributed by atoms with E-state index in [0.29, 0.717) is 28.4 Å². The maximum Gasteiger partial charge on any atom is 0.171 e. The monoisotopic (exact) mass is 568 g/mol. The first-order valence-electron chi connectivity index (χ1n) is 12.4. The molecule has 1 aliphatic rings. The highest BCUT2D eigenvalue weighted by molar-refractivity contribution is 7.84. The quantitative estimate of drug-likeness (QED) is 0.274. The van der Waals surface area contributed by atoms with Crippen molar-refractivity contribution in [1.29, 1.82) is 0 Å². The first-order valence-corrected chi connectivity index (χ1v) is 13.9. The molecule has 0 radical (unpaired) electrons. The highest BCUT2D eigenvalue weighted by Gasteiger charge is 2.42. The van der Waals surface area contributed by atoms with Crippen LogP contribution in [0.2, 0.25) is 5.15 Å². The molecule has 1 aromatic heterocycles. The molecule has 0 spiro atoms. The van der Waals surface area contributed by atoms with E-state index < -0.39 is 33.0 Å². The molecule has 11 heteroatoms. The molecule has 38 heavy (non-hydrogen) atoms. The third-order valence-corrected chi connectivity index (χ3v) is 8.27. The SMILES string of the molecule is COc1cc(C(=O)CCC(C)(O)c2cc3c(c(Cl)n2)OCC3(C)NS(=O)C(C)(C)C)ccc1OC[C@@H](C)O. The molecule has 0 amide bonds.